The first-order valence-electron chi connectivity index (χ1n) is 5.00. The summed E-state index contributed by atoms with van der Waals surface area (Å²) in [6.45, 7) is 7.40. The van der Waals surface area contributed by atoms with Gasteiger partial charge in [0.25, 0.3) is 0 Å². The summed E-state index contributed by atoms with van der Waals surface area (Å²) in [6.07, 6.45) is 1.78. The normalized spacial score (nSPS) is 10.1. The van der Waals surface area contributed by atoms with Crippen LogP contribution in [0.15, 0.2) is 12.7 Å². The fourth-order valence-electron chi connectivity index (χ4n) is 1.26. The Balaban J connectivity index is 2.86. The Labute approximate surface area is 95.2 Å². The number of aryl methyl sites for hydroxylation is 1. The van der Waals surface area contributed by atoms with E-state index in [-0.39, 0.29) is 5.95 Å². The summed E-state index contributed by atoms with van der Waals surface area (Å²) in [5.41, 5.74) is 5.58. The highest BCUT2D eigenvalue weighted by molar-refractivity contribution is 5.35. The third-order valence-corrected chi connectivity index (χ3v) is 1.95. The number of methoxy groups -OCH3 is 1. The van der Waals surface area contributed by atoms with E-state index < -0.39 is 0 Å². The molecule has 0 aliphatic rings. The quantitative estimate of drug-likeness (QED) is 0.703. The molecule has 0 atom stereocenters. The number of ether oxygens (including phenoxy) is 1. The SMILES string of the molecule is C=CCN(CCOC)c1nc(C)nc(N)n1. The highest BCUT2D eigenvalue weighted by Gasteiger charge is 2.09. The molecule has 1 heterocycles. The predicted octanol–water partition coefficient (Wildman–Crippen LogP) is 0.401. The summed E-state index contributed by atoms with van der Waals surface area (Å²) in [4.78, 5) is 14.2. The van der Waals surface area contributed by atoms with Crippen LogP contribution in [0.5, 0.6) is 0 Å². The molecule has 0 fully saturated rings. The molecule has 1 rings (SSSR count). The monoisotopic (exact) mass is 223 g/mol. The zero-order chi connectivity index (χ0) is 12.0. The van der Waals surface area contributed by atoms with E-state index in [1.165, 1.54) is 0 Å². The van der Waals surface area contributed by atoms with E-state index in [1.54, 1.807) is 20.1 Å². The van der Waals surface area contributed by atoms with Crippen LogP contribution in [-0.4, -0.2) is 41.8 Å². The van der Waals surface area contributed by atoms with Gasteiger partial charge in [-0.2, -0.15) is 15.0 Å². The van der Waals surface area contributed by atoms with E-state index in [1.807, 2.05) is 4.90 Å². The molecule has 0 spiro atoms. The van der Waals surface area contributed by atoms with Gasteiger partial charge in [0, 0.05) is 20.2 Å². The Bertz CT molecular complexity index is 335. The molecule has 0 radical (unpaired) electrons. The number of anilines is 2. The van der Waals surface area contributed by atoms with E-state index in [0.29, 0.717) is 31.5 Å². The minimum atomic E-state index is 0.231. The largest absolute Gasteiger partial charge is 0.383 e. The Morgan fingerprint density at radius 2 is 2.19 bits per heavy atom. The summed E-state index contributed by atoms with van der Waals surface area (Å²) in [6, 6.07) is 0. The first kappa shape index (κ1) is 12.4. The molecule has 0 unspecified atom stereocenters. The van der Waals surface area contributed by atoms with E-state index in [9.17, 15) is 0 Å². The maximum atomic E-state index is 5.58. The zero-order valence-corrected chi connectivity index (χ0v) is 9.68. The molecule has 1 aromatic heterocycles. The Morgan fingerprint density at radius 3 is 2.75 bits per heavy atom. The number of nitrogens with zero attached hydrogens (tertiary/aromatic N) is 4. The standard InChI is InChI=1S/C10H17N5O/c1-4-5-15(6-7-16-3)10-13-8(2)12-9(11)14-10/h4H,1,5-7H2,2-3H3,(H2,11,12,13,14). The number of aromatic nitrogens is 3. The van der Waals surface area contributed by atoms with Crippen LogP contribution in [0.4, 0.5) is 11.9 Å². The molecule has 1 aromatic rings. The number of hydrogen-bond donors (Lipinski definition) is 1. The lowest BCUT2D eigenvalue weighted by Crippen LogP contribution is -2.29. The summed E-state index contributed by atoms with van der Waals surface area (Å²) in [7, 11) is 1.65. The van der Waals surface area contributed by atoms with Gasteiger partial charge in [0.2, 0.25) is 11.9 Å². The van der Waals surface area contributed by atoms with Crippen molar-refractivity contribution in [1.82, 2.24) is 15.0 Å². The second kappa shape index (κ2) is 6.02. The second-order valence-corrected chi connectivity index (χ2v) is 3.27. The minimum Gasteiger partial charge on any atom is -0.383 e. The van der Waals surface area contributed by atoms with Gasteiger partial charge in [0.05, 0.1) is 6.61 Å². The first-order valence-corrected chi connectivity index (χ1v) is 5.00. The van der Waals surface area contributed by atoms with Crippen molar-refractivity contribution in [1.29, 1.82) is 0 Å². The molecule has 88 valence electrons. The van der Waals surface area contributed by atoms with Gasteiger partial charge in [-0.3, -0.25) is 0 Å². The molecule has 0 aliphatic heterocycles. The fraction of sp³-hybridized carbons (Fsp3) is 0.500. The third-order valence-electron chi connectivity index (χ3n) is 1.95. The second-order valence-electron chi connectivity index (χ2n) is 3.27. The predicted molar refractivity (Wildman–Crippen MR) is 63.3 cm³/mol. The van der Waals surface area contributed by atoms with E-state index in [0.717, 1.165) is 0 Å². The van der Waals surface area contributed by atoms with Crippen LogP contribution in [-0.2, 0) is 4.74 Å². The molecule has 0 aromatic carbocycles. The molecule has 0 bridgehead atoms. The maximum absolute atomic E-state index is 5.58. The molecular formula is C10H17N5O. The van der Waals surface area contributed by atoms with Crippen molar-refractivity contribution in [2.75, 3.05) is 37.4 Å². The zero-order valence-electron chi connectivity index (χ0n) is 9.68. The van der Waals surface area contributed by atoms with Gasteiger partial charge in [-0.05, 0) is 6.92 Å². The summed E-state index contributed by atoms with van der Waals surface area (Å²) in [5.74, 6) is 1.39. The van der Waals surface area contributed by atoms with Crippen LogP contribution < -0.4 is 10.6 Å². The van der Waals surface area contributed by atoms with Crippen molar-refractivity contribution in [2.24, 2.45) is 0 Å². The summed E-state index contributed by atoms with van der Waals surface area (Å²) in [5, 5.41) is 0. The number of hydrogen-bond acceptors (Lipinski definition) is 6. The fourth-order valence-corrected chi connectivity index (χ4v) is 1.26. The molecule has 0 saturated carbocycles. The summed E-state index contributed by atoms with van der Waals surface area (Å²) < 4.78 is 5.02. The average Bonchev–Trinajstić information content (AvgIpc) is 2.22. The smallest absolute Gasteiger partial charge is 0.230 e. The van der Waals surface area contributed by atoms with Crippen molar-refractivity contribution < 1.29 is 4.74 Å². The number of rotatable bonds is 6. The minimum absolute atomic E-state index is 0.231. The Morgan fingerprint density at radius 1 is 1.44 bits per heavy atom. The van der Waals surface area contributed by atoms with Crippen LogP contribution in [0, 0.1) is 6.92 Å². The lowest BCUT2D eigenvalue weighted by atomic mass is 10.5. The van der Waals surface area contributed by atoms with Gasteiger partial charge >= 0.3 is 0 Å². The van der Waals surface area contributed by atoms with Gasteiger partial charge in [-0.25, -0.2) is 0 Å². The van der Waals surface area contributed by atoms with Crippen molar-refractivity contribution in [2.45, 2.75) is 6.92 Å². The van der Waals surface area contributed by atoms with Crippen LogP contribution in [0.1, 0.15) is 5.82 Å². The topological polar surface area (TPSA) is 77.2 Å². The molecule has 0 aliphatic carbocycles. The molecule has 6 heteroatoms. The first-order chi connectivity index (χ1) is 7.67. The number of nitrogens with two attached hydrogens (primary N) is 1. The summed E-state index contributed by atoms with van der Waals surface area (Å²) >= 11 is 0. The van der Waals surface area contributed by atoms with Crippen LogP contribution >= 0.6 is 0 Å². The molecule has 16 heavy (non-hydrogen) atoms. The van der Waals surface area contributed by atoms with Gasteiger partial charge in [-0.15, -0.1) is 6.58 Å². The van der Waals surface area contributed by atoms with Crippen molar-refractivity contribution >= 4 is 11.9 Å². The highest BCUT2D eigenvalue weighted by atomic mass is 16.5. The number of nitrogen functional groups attached to an aromatic ring is 1. The van der Waals surface area contributed by atoms with Crippen LogP contribution in [0.2, 0.25) is 0 Å². The molecular weight excluding hydrogens is 206 g/mol. The van der Waals surface area contributed by atoms with Gasteiger partial charge in [-0.1, -0.05) is 6.08 Å². The maximum Gasteiger partial charge on any atom is 0.230 e. The van der Waals surface area contributed by atoms with Gasteiger partial charge in [0.15, 0.2) is 0 Å². The lowest BCUT2D eigenvalue weighted by molar-refractivity contribution is 0.205. The van der Waals surface area contributed by atoms with Crippen molar-refractivity contribution in [3.05, 3.63) is 18.5 Å². The molecule has 0 amide bonds. The van der Waals surface area contributed by atoms with Gasteiger partial charge in [0.1, 0.15) is 5.82 Å². The highest BCUT2D eigenvalue weighted by Crippen LogP contribution is 2.08. The molecule has 6 nitrogen and oxygen atoms in total. The third kappa shape index (κ3) is 3.47. The van der Waals surface area contributed by atoms with Crippen LogP contribution in [0.25, 0.3) is 0 Å². The van der Waals surface area contributed by atoms with Crippen molar-refractivity contribution in [3.8, 4) is 0 Å². The lowest BCUT2D eigenvalue weighted by Gasteiger charge is -2.20. The van der Waals surface area contributed by atoms with Gasteiger partial charge < -0.3 is 15.4 Å². The van der Waals surface area contributed by atoms with E-state index >= 15 is 0 Å². The van der Waals surface area contributed by atoms with Crippen molar-refractivity contribution in [3.63, 3.8) is 0 Å². The Hall–Kier alpha value is -1.69. The van der Waals surface area contributed by atoms with E-state index in [2.05, 4.69) is 21.5 Å². The van der Waals surface area contributed by atoms with E-state index in [4.69, 9.17) is 10.5 Å². The Kier molecular flexibility index (Phi) is 4.65. The molecule has 2 N–H and O–H groups in total. The molecule has 0 saturated heterocycles. The average molecular weight is 223 g/mol. The van der Waals surface area contributed by atoms with Crippen LogP contribution in [0.3, 0.4) is 0 Å².